The molecule has 0 radical (unpaired) electrons. The number of hydrogen-bond acceptors (Lipinski definition) is 7. The Morgan fingerprint density at radius 1 is 1.12 bits per heavy atom. The first-order valence-corrected chi connectivity index (χ1v) is 10.8. The molecule has 4 rings (SSSR count). The minimum Gasteiger partial charge on any atom is -0.494 e. The third-order valence-electron chi connectivity index (χ3n) is 5.38. The Morgan fingerprint density at radius 3 is 2.58 bits per heavy atom. The van der Waals surface area contributed by atoms with E-state index >= 15 is 0 Å². The molecule has 33 heavy (non-hydrogen) atoms. The van der Waals surface area contributed by atoms with E-state index in [2.05, 4.69) is 23.2 Å². The minimum absolute atomic E-state index is 0.0317. The fourth-order valence-corrected chi connectivity index (χ4v) is 3.87. The molecule has 0 unspecified atom stereocenters. The minimum atomic E-state index is -0.493. The Balaban J connectivity index is 1.81. The number of nitriles is 1. The number of aromatic nitrogens is 2. The smallest absolute Gasteiger partial charge is 0.244 e. The Morgan fingerprint density at radius 2 is 1.91 bits per heavy atom. The van der Waals surface area contributed by atoms with Crippen LogP contribution in [0.4, 0.5) is 0 Å². The van der Waals surface area contributed by atoms with Crippen molar-refractivity contribution in [3.63, 3.8) is 0 Å². The standard InChI is InChI=1S/C25H26N4O4/c1-4-12-32-17-9-6-15(7-10-17)23-22-21(18(14-26)24(27)33-25(22)29-28-23)16-8-11-19(31-5-2)20(13-16)30-3/h6-11,13,21H,4-5,12,27H2,1-3H3,(H,28,29)/t21-/m1/s1. The van der Waals surface area contributed by atoms with Crippen LogP contribution in [0.5, 0.6) is 23.1 Å². The molecule has 3 aromatic rings. The number of fused-ring (bicyclic) bond motifs is 1. The molecule has 3 N–H and O–H groups in total. The highest BCUT2D eigenvalue weighted by atomic mass is 16.5. The lowest BCUT2D eigenvalue weighted by Gasteiger charge is -2.25. The number of nitrogens with zero attached hydrogens (tertiary/aromatic N) is 2. The third-order valence-corrected chi connectivity index (χ3v) is 5.38. The Labute approximate surface area is 192 Å². The van der Waals surface area contributed by atoms with Crippen molar-refractivity contribution in [2.24, 2.45) is 5.73 Å². The van der Waals surface area contributed by atoms with E-state index in [0.29, 0.717) is 36.2 Å². The topological polar surface area (TPSA) is 115 Å². The van der Waals surface area contributed by atoms with Gasteiger partial charge in [0.2, 0.25) is 11.8 Å². The van der Waals surface area contributed by atoms with Crippen molar-refractivity contribution in [1.82, 2.24) is 10.2 Å². The predicted molar refractivity (Wildman–Crippen MR) is 123 cm³/mol. The summed E-state index contributed by atoms with van der Waals surface area (Å²) in [7, 11) is 1.58. The van der Waals surface area contributed by atoms with Crippen LogP contribution in [0, 0.1) is 11.3 Å². The van der Waals surface area contributed by atoms with Gasteiger partial charge in [0.1, 0.15) is 17.4 Å². The van der Waals surface area contributed by atoms with Crippen LogP contribution >= 0.6 is 0 Å². The summed E-state index contributed by atoms with van der Waals surface area (Å²) in [4.78, 5) is 0. The number of H-pyrrole nitrogens is 1. The van der Waals surface area contributed by atoms with E-state index in [1.165, 1.54) is 0 Å². The van der Waals surface area contributed by atoms with Gasteiger partial charge in [0.25, 0.3) is 0 Å². The second kappa shape index (κ2) is 9.57. The van der Waals surface area contributed by atoms with Gasteiger partial charge in [-0.1, -0.05) is 13.0 Å². The monoisotopic (exact) mass is 446 g/mol. The van der Waals surface area contributed by atoms with Crippen LogP contribution in [-0.4, -0.2) is 30.5 Å². The molecule has 8 heteroatoms. The zero-order chi connectivity index (χ0) is 23.4. The van der Waals surface area contributed by atoms with E-state index in [-0.39, 0.29) is 5.88 Å². The summed E-state index contributed by atoms with van der Waals surface area (Å²) in [5, 5.41) is 17.3. The molecule has 2 heterocycles. The number of benzene rings is 2. The first-order valence-electron chi connectivity index (χ1n) is 10.8. The van der Waals surface area contributed by atoms with E-state index in [9.17, 15) is 5.26 Å². The molecule has 8 nitrogen and oxygen atoms in total. The number of nitrogens with two attached hydrogens (primary N) is 1. The van der Waals surface area contributed by atoms with Gasteiger partial charge in [-0.3, -0.25) is 5.10 Å². The van der Waals surface area contributed by atoms with Gasteiger partial charge in [-0.15, -0.1) is 5.10 Å². The second-order valence-corrected chi connectivity index (χ2v) is 7.46. The van der Waals surface area contributed by atoms with Gasteiger partial charge < -0.3 is 24.7 Å². The molecule has 0 spiro atoms. The first kappa shape index (κ1) is 22.1. The number of nitrogens with one attached hydrogen (secondary N) is 1. The maximum absolute atomic E-state index is 9.93. The van der Waals surface area contributed by atoms with E-state index < -0.39 is 5.92 Å². The zero-order valence-electron chi connectivity index (χ0n) is 18.8. The van der Waals surface area contributed by atoms with Crippen molar-refractivity contribution in [1.29, 1.82) is 5.26 Å². The normalized spacial score (nSPS) is 14.8. The highest BCUT2D eigenvalue weighted by molar-refractivity contribution is 5.71. The molecular weight excluding hydrogens is 420 g/mol. The summed E-state index contributed by atoms with van der Waals surface area (Å²) in [6.45, 7) is 5.14. The Bertz CT molecular complexity index is 1210. The van der Waals surface area contributed by atoms with Gasteiger partial charge in [0.15, 0.2) is 11.5 Å². The largest absolute Gasteiger partial charge is 0.494 e. The number of hydrogen-bond donors (Lipinski definition) is 2. The highest BCUT2D eigenvalue weighted by Crippen LogP contribution is 2.47. The van der Waals surface area contributed by atoms with Crippen molar-refractivity contribution in [2.75, 3.05) is 20.3 Å². The summed E-state index contributed by atoms with van der Waals surface area (Å²) in [5.41, 5.74) is 9.58. The van der Waals surface area contributed by atoms with Crippen molar-refractivity contribution >= 4 is 0 Å². The maximum atomic E-state index is 9.93. The number of allylic oxidation sites excluding steroid dienone is 1. The number of rotatable bonds is 8. The summed E-state index contributed by atoms with van der Waals surface area (Å²) >= 11 is 0. The fraction of sp³-hybridized carbons (Fsp3) is 0.280. The van der Waals surface area contributed by atoms with Crippen LogP contribution in [0.1, 0.15) is 37.3 Å². The number of methoxy groups -OCH3 is 1. The molecule has 0 fully saturated rings. The quantitative estimate of drug-likeness (QED) is 0.524. The molecule has 0 saturated carbocycles. The first-order chi connectivity index (χ1) is 16.1. The molecule has 0 bridgehead atoms. The molecule has 1 aromatic heterocycles. The Hall–Kier alpha value is -4.12. The van der Waals surface area contributed by atoms with E-state index in [4.69, 9.17) is 24.7 Å². The lowest BCUT2D eigenvalue weighted by Crippen LogP contribution is -2.21. The van der Waals surface area contributed by atoms with Crippen LogP contribution < -0.4 is 24.7 Å². The van der Waals surface area contributed by atoms with Gasteiger partial charge in [0, 0.05) is 5.56 Å². The van der Waals surface area contributed by atoms with Gasteiger partial charge >= 0.3 is 0 Å². The van der Waals surface area contributed by atoms with Crippen LogP contribution in [0.3, 0.4) is 0 Å². The molecule has 0 aliphatic carbocycles. The van der Waals surface area contributed by atoms with E-state index in [0.717, 1.165) is 34.6 Å². The van der Waals surface area contributed by atoms with Crippen molar-refractivity contribution in [3.05, 3.63) is 65.0 Å². The summed E-state index contributed by atoms with van der Waals surface area (Å²) in [6, 6.07) is 15.5. The van der Waals surface area contributed by atoms with Crippen molar-refractivity contribution in [2.45, 2.75) is 26.2 Å². The molecule has 1 atom stereocenters. The van der Waals surface area contributed by atoms with E-state index in [1.807, 2.05) is 49.4 Å². The number of ether oxygens (including phenoxy) is 4. The lowest BCUT2D eigenvalue weighted by atomic mass is 9.83. The predicted octanol–water partition coefficient (Wildman–Crippen LogP) is 4.49. The van der Waals surface area contributed by atoms with Crippen LogP contribution in [-0.2, 0) is 0 Å². The van der Waals surface area contributed by atoms with Crippen LogP contribution in [0.2, 0.25) is 0 Å². The fourth-order valence-electron chi connectivity index (χ4n) is 3.87. The average Bonchev–Trinajstić information content (AvgIpc) is 3.26. The van der Waals surface area contributed by atoms with Gasteiger partial charge in [-0.25, -0.2) is 0 Å². The molecule has 0 amide bonds. The number of aromatic amines is 1. The molecule has 0 saturated heterocycles. The Kier molecular flexibility index (Phi) is 6.41. The van der Waals surface area contributed by atoms with Gasteiger partial charge in [0.05, 0.1) is 37.5 Å². The summed E-state index contributed by atoms with van der Waals surface area (Å²) in [6.07, 6.45) is 0.936. The average molecular weight is 447 g/mol. The van der Waals surface area contributed by atoms with Crippen LogP contribution in [0.15, 0.2) is 53.9 Å². The lowest BCUT2D eigenvalue weighted by molar-refractivity contribution is 0.310. The van der Waals surface area contributed by atoms with E-state index in [1.54, 1.807) is 7.11 Å². The summed E-state index contributed by atoms with van der Waals surface area (Å²) in [5.74, 6) is 1.87. The second-order valence-electron chi connectivity index (χ2n) is 7.46. The van der Waals surface area contributed by atoms with Crippen molar-refractivity contribution < 1.29 is 18.9 Å². The molecular formula is C25H26N4O4. The molecule has 1 aliphatic heterocycles. The van der Waals surface area contributed by atoms with Crippen LogP contribution in [0.25, 0.3) is 11.3 Å². The van der Waals surface area contributed by atoms with Crippen molar-refractivity contribution in [3.8, 4) is 40.5 Å². The van der Waals surface area contributed by atoms with Gasteiger partial charge in [-0.05, 0) is 55.3 Å². The molecule has 170 valence electrons. The molecule has 1 aliphatic rings. The highest BCUT2D eigenvalue weighted by Gasteiger charge is 2.36. The maximum Gasteiger partial charge on any atom is 0.244 e. The summed E-state index contributed by atoms with van der Waals surface area (Å²) < 4.78 is 22.6. The molecule has 2 aromatic carbocycles. The third kappa shape index (κ3) is 4.17. The van der Waals surface area contributed by atoms with Gasteiger partial charge in [-0.2, -0.15) is 5.26 Å². The SMILES string of the molecule is CCCOc1ccc(-c2[nH]nc3c2[C@H](c2ccc(OCC)c(OC)c2)C(C#N)=C(N)O3)cc1. The zero-order valence-corrected chi connectivity index (χ0v) is 18.8.